The first-order valence-electron chi connectivity index (χ1n) is 8.52. The van der Waals surface area contributed by atoms with Crippen LogP contribution in [0.4, 0.5) is 8.78 Å². The van der Waals surface area contributed by atoms with Crippen molar-refractivity contribution >= 4 is 5.91 Å². The van der Waals surface area contributed by atoms with Crippen LogP contribution in [-0.4, -0.2) is 39.0 Å². The second kappa shape index (κ2) is 8.21. The summed E-state index contributed by atoms with van der Waals surface area (Å²) in [5.74, 6) is -4.84. The zero-order valence-corrected chi connectivity index (χ0v) is 14.0. The first-order valence-corrected chi connectivity index (χ1v) is 8.52. The molecule has 0 saturated heterocycles. The Hall–Kier alpha value is -1.57. The third kappa shape index (κ3) is 5.45. The van der Waals surface area contributed by atoms with E-state index < -0.39 is 42.3 Å². The fourth-order valence-corrected chi connectivity index (χ4v) is 3.41. The molecule has 1 aliphatic rings. The second-order valence-corrected chi connectivity index (χ2v) is 6.90. The third-order valence-corrected chi connectivity index (χ3v) is 5.04. The molecule has 1 aromatic rings. The molecule has 0 radical (unpaired) electrons. The molecule has 4 N–H and O–H groups in total. The molecular formula is C18H25F2NO4. The Kier molecular flexibility index (Phi) is 6.48. The number of benzene rings is 1. The minimum Gasteiger partial charge on any atom is -0.393 e. The summed E-state index contributed by atoms with van der Waals surface area (Å²) in [5.41, 5.74) is 0.868. The maximum absolute atomic E-state index is 13.4. The van der Waals surface area contributed by atoms with Crippen molar-refractivity contribution in [1.29, 1.82) is 0 Å². The van der Waals surface area contributed by atoms with Crippen LogP contribution in [0.5, 0.6) is 0 Å². The summed E-state index contributed by atoms with van der Waals surface area (Å²) in [5, 5.41) is 29.9. The molecule has 1 aromatic carbocycles. The monoisotopic (exact) mass is 357 g/mol. The van der Waals surface area contributed by atoms with Gasteiger partial charge in [0.1, 0.15) is 0 Å². The number of carbonyl (C=O) groups excluding carboxylic acids is 1. The quantitative estimate of drug-likeness (QED) is 0.446. The van der Waals surface area contributed by atoms with E-state index in [1.807, 2.05) is 30.3 Å². The van der Waals surface area contributed by atoms with Gasteiger partial charge < -0.3 is 10.2 Å². The SMILES string of the molecule is O=C(NO)C(CC(O)CCc1ccccc1)C1(O)CCC(F)(F)CC1. The number of amides is 1. The zero-order chi connectivity index (χ0) is 18.5. The van der Waals surface area contributed by atoms with Crippen LogP contribution in [0.3, 0.4) is 0 Å². The Morgan fingerprint density at radius 1 is 1.16 bits per heavy atom. The van der Waals surface area contributed by atoms with Gasteiger partial charge in [0.25, 0.3) is 0 Å². The number of aliphatic hydroxyl groups is 2. The van der Waals surface area contributed by atoms with Crippen molar-refractivity contribution in [2.24, 2.45) is 5.92 Å². The molecule has 7 heteroatoms. The van der Waals surface area contributed by atoms with Gasteiger partial charge >= 0.3 is 0 Å². The zero-order valence-electron chi connectivity index (χ0n) is 14.0. The van der Waals surface area contributed by atoms with Crippen molar-refractivity contribution in [3.63, 3.8) is 0 Å². The van der Waals surface area contributed by atoms with Crippen molar-refractivity contribution in [3.05, 3.63) is 35.9 Å². The first-order chi connectivity index (χ1) is 11.8. The Morgan fingerprint density at radius 2 is 1.76 bits per heavy atom. The van der Waals surface area contributed by atoms with Gasteiger partial charge in [0.2, 0.25) is 11.8 Å². The van der Waals surface area contributed by atoms with Crippen molar-refractivity contribution < 1.29 is 29.0 Å². The van der Waals surface area contributed by atoms with Gasteiger partial charge in [-0.1, -0.05) is 30.3 Å². The summed E-state index contributed by atoms with van der Waals surface area (Å²) in [4.78, 5) is 12.0. The smallest absolute Gasteiger partial charge is 0.249 e. The first kappa shape index (κ1) is 19.8. The van der Waals surface area contributed by atoms with Gasteiger partial charge in [-0.2, -0.15) is 0 Å². The van der Waals surface area contributed by atoms with Crippen LogP contribution in [0.1, 0.15) is 44.1 Å². The lowest BCUT2D eigenvalue weighted by Crippen LogP contribution is -2.51. The van der Waals surface area contributed by atoms with Crippen molar-refractivity contribution in [3.8, 4) is 0 Å². The summed E-state index contributed by atoms with van der Waals surface area (Å²) in [7, 11) is 0. The van der Waals surface area contributed by atoms with Crippen LogP contribution < -0.4 is 5.48 Å². The van der Waals surface area contributed by atoms with Gasteiger partial charge in [-0.3, -0.25) is 10.0 Å². The van der Waals surface area contributed by atoms with E-state index in [4.69, 9.17) is 5.21 Å². The van der Waals surface area contributed by atoms with Gasteiger partial charge in [0, 0.05) is 12.8 Å². The molecule has 0 bridgehead atoms. The Labute approximate surface area is 145 Å². The Morgan fingerprint density at radius 3 is 2.32 bits per heavy atom. The van der Waals surface area contributed by atoms with Gasteiger partial charge in [0.05, 0.1) is 17.6 Å². The van der Waals surface area contributed by atoms with Crippen LogP contribution in [0, 0.1) is 5.92 Å². The van der Waals surface area contributed by atoms with Gasteiger partial charge in [-0.05, 0) is 37.7 Å². The maximum atomic E-state index is 13.4. The predicted molar refractivity (Wildman–Crippen MR) is 87.2 cm³/mol. The fraction of sp³-hybridized carbons (Fsp3) is 0.611. The van der Waals surface area contributed by atoms with E-state index in [0.717, 1.165) is 5.56 Å². The second-order valence-electron chi connectivity index (χ2n) is 6.90. The van der Waals surface area contributed by atoms with E-state index in [1.165, 1.54) is 5.48 Å². The molecule has 2 atom stereocenters. The molecule has 1 amide bonds. The van der Waals surface area contributed by atoms with Gasteiger partial charge in [-0.15, -0.1) is 0 Å². The topological polar surface area (TPSA) is 89.8 Å². The summed E-state index contributed by atoms with van der Waals surface area (Å²) in [6.45, 7) is 0. The maximum Gasteiger partial charge on any atom is 0.249 e. The Bertz CT molecular complexity index is 557. The minimum absolute atomic E-state index is 0.0959. The van der Waals surface area contributed by atoms with E-state index >= 15 is 0 Å². The van der Waals surface area contributed by atoms with Crippen molar-refractivity contribution in [1.82, 2.24) is 5.48 Å². The van der Waals surface area contributed by atoms with Crippen LogP contribution in [0.15, 0.2) is 30.3 Å². The molecule has 25 heavy (non-hydrogen) atoms. The Balaban J connectivity index is 1.98. The highest BCUT2D eigenvalue weighted by Gasteiger charge is 2.49. The molecule has 5 nitrogen and oxygen atoms in total. The molecule has 1 aliphatic carbocycles. The molecule has 140 valence electrons. The van der Waals surface area contributed by atoms with Gasteiger partial charge in [-0.25, -0.2) is 14.3 Å². The number of hydrogen-bond acceptors (Lipinski definition) is 4. The normalized spacial score (nSPS) is 21.3. The highest BCUT2D eigenvalue weighted by Crippen LogP contribution is 2.43. The number of alkyl halides is 2. The van der Waals surface area contributed by atoms with Crippen LogP contribution >= 0.6 is 0 Å². The van der Waals surface area contributed by atoms with Gasteiger partial charge in [0.15, 0.2) is 0 Å². The van der Waals surface area contributed by atoms with Crippen LogP contribution in [-0.2, 0) is 11.2 Å². The molecule has 2 rings (SSSR count). The number of nitrogens with one attached hydrogen (secondary N) is 1. The largest absolute Gasteiger partial charge is 0.393 e. The fourth-order valence-electron chi connectivity index (χ4n) is 3.41. The van der Waals surface area contributed by atoms with E-state index in [0.29, 0.717) is 12.8 Å². The molecule has 0 aliphatic heterocycles. The van der Waals surface area contributed by atoms with E-state index in [-0.39, 0.29) is 19.3 Å². The molecule has 1 fully saturated rings. The lowest BCUT2D eigenvalue weighted by atomic mass is 9.72. The standard InChI is InChI=1S/C18H25F2NO4/c19-18(20)10-8-17(24,9-11-18)15(16(23)21-25)12-14(22)7-6-13-4-2-1-3-5-13/h1-5,14-15,22,24-25H,6-12H2,(H,21,23). The summed E-state index contributed by atoms with van der Waals surface area (Å²) < 4.78 is 26.7. The van der Waals surface area contributed by atoms with Crippen LogP contribution in [0.2, 0.25) is 0 Å². The summed E-state index contributed by atoms with van der Waals surface area (Å²) >= 11 is 0. The van der Waals surface area contributed by atoms with E-state index in [2.05, 4.69) is 0 Å². The number of hydroxylamine groups is 1. The molecule has 0 heterocycles. The van der Waals surface area contributed by atoms with E-state index in [9.17, 15) is 23.8 Å². The number of hydrogen-bond donors (Lipinski definition) is 4. The minimum atomic E-state index is -2.85. The number of halogens is 2. The lowest BCUT2D eigenvalue weighted by Gasteiger charge is -2.41. The van der Waals surface area contributed by atoms with Crippen molar-refractivity contribution in [2.75, 3.05) is 0 Å². The summed E-state index contributed by atoms with van der Waals surface area (Å²) in [6, 6.07) is 9.49. The predicted octanol–water partition coefficient (Wildman–Crippen LogP) is 2.43. The number of carbonyl (C=O) groups is 1. The summed E-state index contributed by atoms with van der Waals surface area (Å²) in [6.07, 6.45) is -1.56. The van der Waals surface area contributed by atoms with Crippen LogP contribution in [0.25, 0.3) is 0 Å². The van der Waals surface area contributed by atoms with E-state index in [1.54, 1.807) is 0 Å². The average molecular weight is 357 g/mol. The molecule has 0 spiro atoms. The molecular weight excluding hydrogens is 332 g/mol. The molecule has 1 saturated carbocycles. The number of aryl methyl sites for hydroxylation is 1. The number of rotatable bonds is 7. The highest BCUT2D eigenvalue weighted by molar-refractivity contribution is 5.78. The highest BCUT2D eigenvalue weighted by atomic mass is 19.3. The van der Waals surface area contributed by atoms with Crippen molar-refractivity contribution in [2.45, 2.75) is 62.6 Å². The third-order valence-electron chi connectivity index (χ3n) is 5.04. The molecule has 2 unspecified atom stereocenters. The molecule has 0 aromatic heterocycles. The lowest BCUT2D eigenvalue weighted by molar-refractivity contribution is -0.160. The average Bonchev–Trinajstić information content (AvgIpc) is 2.61. The number of aliphatic hydroxyl groups excluding tert-OH is 1.